The van der Waals surface area contributed by atoms with Gasteiger partial charge in [-0.2, -0.15) is 20.2 Å². The maximum Gasteiger partial charge on any atom is 0.482 e. The van der Waals surface area contributed by atoms with Crippen LogP contribution in [-0.4, -0.2) is 17.8 Å². The summed E-state index contributed by atoms with van der Waals surface area (Å²) in [6, 6.07) is 11.7. The molecule has 0 aliphatic rings. The lowest BCUT2D eigenvalue weighted by Crippen LogP contribution is -2.52. The molecule has 0 spiro atoms. The number of benzene rings is 3. The van der Waals surface area contributed by atoms with Crippen LogP contribution in [0.2, 0.25) is 0 Å². The minimum atomic E-state index is -4.16. The quantitative estimate of drug-likeness (QED) is 0.273. The second kappa shape index (κ2) is 6.48. The van der Waals surface area contributed by atoms with E-state index < -0.39 is 26.2 Å². The molecule has 11 nitrogen and oxygen atoms in total. The van der Waals surface area contributed by atoms with Crippen molar-refractivity contribution in [3.63, 3.8) is 0 Å². The molecule has 0 aliphatic heterocycles. The first-order chi connectivity index (χ1) is 14.7. The Morgan fingerprint density at radius 2 is 1.81 bits per heavy atom. The van der Waals surface area contributed by atoms with Crippen LogP contribution in [0, 0.1) is 0 Å². The fourth-order valence-electron chi connectivity index (χ4n) is 3.75. The second-order valence-corrected chi connectivity index (χ2v) is 9.98. The lowest BCUT2D eigenvalue weighted by Gasteiger charge is -2.07. The van der Waals surface area contributed by atoms with Crippen molar-refractivity contribution in [3.8, 4) is 0 Å². The summed E-state index contributed by atoms with van der Waals surface area (Å²) in [4.78, 5) is 17.5. The standard InChI is InChI=1S/C18H14N4O7S2/c19-28-30(24,25)10-4-5-14-15(8-10)22-17(21-14)12-3-1-2-9-6-11(31(26,27)29-20)7-13(16(9)12)18(22)23/h1-8H,19-20H3/q+3. The Labute approximate surface area is 174 Å². The Kier molecular flexibility index (Phi) is 4.16. The molecule has 0 saturated heterocycles. The van der Waals surface area contributed by atoms with E-state index >= 15 is 0 Å². The van der Waals surface area contributed by atoms with Crippen LogP contribution in [0.25, 0.3) is 38.2 Å². The van der Waals surface area contributed by atoms with Crippen molar-refractivity contribution in [1.29, 1.82) is 0 Å². The highest BCUT2D eigenvalue weighted by Gasteiger charge is 2.38. The number of aromatic nitrogens is 2. The normalized spacial score (nSPS) is 14.7. The fraction of sp³-hybridized carbons (Fsp3) is 0. The summed E-state index contributed by atoms with van der Waals surface area (Å²) in [5, 5.41) is 1.75. The van der Waals surface area contributed by atoms with E-state index in [4.69, 9.17) is 0 Å². The fourth-order valence-corrected chi connectivity index (χ4v) is 5.05. The molecule has 3 aromatic carbocycles. The van der Waals surface area contributed by atoms with Gasteiger partial charge in [-0.1, -0.05) is 22.5 Å². The molecule has 6 N–H and O–H groups in total. The minimum Gasteiger partial charge on any atom is -0.268 e. The van der Waals surface area contributed by atoms with E-state index in [1.54, 1.807) is 18.2 Å². The van der Waals surface area contributed by atoms with Gasteiger partial charge in [-0.05, 0) is 27.8 Å². The Balaban J connectivity index is 2.01. The number of nitrogens with zero attached hydrogens (tertiary/aromatic N) is 2. The Morgan fingerprint density at radius 3 is 2.52 bits per heavy atom. The molecule has 13 heteroatoms. The zero-order chi connectivity index (χ0) is 22.1. The SMILES string of the molecule is [NH3+]OS(=O)(=O)c1ccc2nc3c4cccc5cc([S+]([O])(=O)O[NH3+])cc(c(=O)n3c2c1)c54. The monoisotopic (exact) mass is 462 g/mol. The van der Waals surface area contributed by atoms with E-state index in [0.717, 1.165) is 0 Å². The average Bonchev–Trinajstić information content (AvgIpc) is 3.16. The summed E-state index contributed by atoms with van der Waals surface area (Å²) in [7, 11) is -8.27. The topological polar surface area (TPSA) is 179 Å². The van der Waals surface area contributed by atoms with Gasteiger partial charge in [0.15, 0.2) is 0 Å². The van der Waals surface area contributed by atoms with Gasteiger partial charge in [0.1, 0.15) is 10.5 Å². The molecule has 0 bridgehead atoms. The van der Waals surface area contributed by atoms with E-state index in [-0.39, 0.29) is 20.7 Å². The lowest BCUT2D eigenvalue weighted by molar-refractivity contribution is -0.637. The van der Waals surface area contributed by atoms with Gasteiger partial charge in [0, 0.05) is 22.9 Å². The van der Waals surface area contributed by atoms with Crippen LogP contribution in [0.15, 0.2) is 63.1 Å². The van der Waals surface area contributed by atoms with E-state index in [2.05, 4.69) is 25.3 Å². The molecule has 1 unspecified atom stereocenters. The molecule has 31 heavy (non-hydrogen) atoms. The van der Waals surface area contributed by atoms with Crippen molar-refractivity contribution in [2.75, 3.05) is 0 Å². The van der Waals surface area contributed by atoms with Crippen molar-refractivity contribution in [2.24, 2.45) is 0 Å². The number of hydrogen-bond acceptors (Lipinski definition) is 7. The van der Waals surface area contributed by atoms with Gasteiger partial charge in [0.2, 0.25) is 4.90 Å². The zero-order valence-corrected chi connectivity index (χ0v) is 17.2. The Bertz CT molecular complexity index is 1750. The molecule has 5 rings (SSSR count). The van der Waals surface area contributed by atoms with Gasteiger partial charge < -0.3 is 0 Å². The average molecular weight is 462 g/mol. The number of imidazole rings is 1. The lowest BCUT2D eigenvalue weighted by atomic mass is 10.0. The summed E-state index contributed by atoms with van der Waals surface area (Å²) in [6.45, 7) is 0. The largest absolute Gasteiger partial charge is 0.482 e. The number of hydrogen-bond donors (Lipinski definition) is 2. The smallest absolute Gasteiger partial charge is 0.268 e. The summed E-state index contributed by atoms with van der Waals surface area (Å²) in [5.74, 6) is 5.92. The number of rotatable bonds is 4. The minimum absolute atomic E-state index is 0.109. The van der Waals surface area contributed by atoms with Crippen LogP contribution in [0.1, 0.15) is 0 Å². The highest BCUT2D eigenvalue weighted by molar-refractivity contribution is 7.92. The molecule has 2 aromatic heterocycles. The molecule has 0 amide bonds. The van der Waals surface area contributed by atoms with Gasteiger partial charge in [0.25, 0.3) is 5.56 Å². The van der Waals surface area contributed by atoms with Crippen molar-refractivity contribution >= 4 is 58.8 Å². The zero-order valence-electron chi connectivity index (χ0n) is 15.6. The Morgan fingerprint density at radius 1 is 1.03 bits per heavy atom. The predicted octanol–water partition coefficient (Wildman–Crippen LogP) is -0.253. The van der Waals surface area contributed by atoms with Crippen molar-refractivity contribution in [3.05, 3.63) is 58.9 Å². The molecule has 5 aromatic rings. The molecule has 0 saturated carbocycles. The van der Waals surface area contributed by atoms with Crippen molar-refractivity contribution in [2.45, 2.75) is 9.79 Å². The van der Waals surface area contributed by atoms with E-state index in [1.807, 2.05) is 0 Å². The van der Waals surface area contributed by atoms with Gasteiger partial charge in [-0.3, -0.25) is 9.20 Å². The van der Waals surface area contributed by atoms with Crippen LogP contribution >= 0.6 is 0 Å². The molecule has 1 atom stereocenters. The van der Waals surface area contributed by atoms with Crippen LogP contribution in [0.5, 0.6) is 0 Å². The van der Waals surface area contributed by atoms with Crippen LogP contribution in [-0.2, 0) is 37.9 Å². The maximum absolute atomic E-state index is 13.4. The summed E-state index contributed by atoms with van der Waals surface area (Å²) in [6.07, 6.45) is 0. The van der Waals surface area contributed by atoms with E-state index in [1.165, 1.54) is 34.7 Å². The molecule has 2 heterocycles. The third-order valence-corrected chi connectivity index (χ3v) is 7.40. The summed E-state index contributed by atoms with van der Waals surface area (Å²) in [5.41, 5.74) is 0.354. The third kappa shape index (κ3) is 2.76. The van der Waals surface area contributed by atoms with Gasteiger partial charge in [-0.25, -0.2) is 4.98 Å². The first-order valence-electron chi connectivity index (χ1n) is 8.69. The first-order valence-corrected chi connectivity index (χ1v) is 11.5. The van der Waals surface area contributed by atoms with E-state index in [0.29, 0.717) is 27.3 Å². The van der Waals surface area contributed by atoms with Crippen LogP contribution < -0.4 is 17.4 Å². The first kappa shape index (κ1) is 19.9. The summed E-state index contributed by atoms with van der Waals surface area (Å²) >= 11 is 0. The molecular formula is C18H14N4O7S2+3. The van der Waals surface area contributed by atoms with Crippen molar-refractivity contribution < 1.29 is 37.5 Å². The van der Waals surface area contributed by atoms with Crippen molar-refractivity contribution in [1.82, 2.24) is 9.38 Å². The molecule has 1 radical (unpaired) electrons. The number of pyridine rings is 1. The molecule has 0 aliphatic carbocycles. The number of quaternary nitrogens is 2. The van der Waals surface area contributed by atoms with Crippen LogP contribution in [0.4, 0.5) is 0 Å². The van der Waals surface area contributed by atoms with Gasteiger partial charge in [-0.15, -0.1) is 0 Å². The maximum atomic E-state index is 13.4. The second-order valence-electron chi connectivity index (χ2n) is 6.74. The van der Waals surface area contributed by atoms with Gasteiger partial charge >= 0.3 is 20.6 Å². The molecule has 157 valence electrons. The molecule has 0 fully saturated rings. The Hall–Kier alpha value is -3.04. The highest BCUT2D eigenvalue weighted by atomic mass is 32.3. The van der Waals surface area contributed by atoms with Gasteiger partial charge in [0.05, 0.1) is 25.3 Å². The summed E-state index contributed by atoms with van der Waals surface area (Å²) < 4.78 is 58.5. The highest BCUT2D eigenvalue weighted by Crippen LogP contribution is 2.33. The predicted molar refractivity (Wildman–Crippen MR) is 107 cm³/mol. The molecular weight excluding hydrogens is 448 g/mol. The third-order valence-electron chi connectivity index (χ3n) is 5.14. The van der Waals surface area contributed by atoms with Crippen LogP contribution in [0.3, 0.4) is 0 Å². The van der Waals surface area contributed by atoms with E-state index in [9.17, 15) is 22.0 Å². The number of fused-ring (bicyclic) bond motifs is 4.